The number of carbonyl (C=O) groups excluding carboxylic acids is 1. The zero-order chi connectivity index (χ0) is 23.8. The summed E-state index contributed by atoms with van der Waals surface area (Å²) >= 11 is 6.57. The summed E-state index contributed by atoms with van der Waals surface area (Å²) in [6, 6.07) is 12.0. The van der Waals surface area contributed by atoms with E-state index in [1.165, 1.54) is 12.1 Å². The molecular weight excluding hydrogens is 455 g/mol. The first kappa shape index (κ1) is 22.5. The van der Waals surface area contributed by atoms with Crippen molar-refractivity contribution in [1.29, 1.82) is 0 Å². The molecule has 4 aromatic rings. The minimum Gasteiger partial charge on any atom is -0.369 e. The highest BCUT2D eigenvalue weighted by atomic mass is 35.5. The number of nitrogens with zero attached hydrogens (tertiary/aromatic N) is 4. The van der Waals surface area contributed by atoms with Crippen molar-refractivity contribution < 1.29 is 13.9 Å². The van der Waals surface area contributed by atoms with Crippen molar-refractivity contribution in [3.8, 4) is 0 Å². The Morgan fingerprint density at radius 3 is 2.71 bits per heavy atom. The van der Waals surface area contributed by atoms with Crippen LogP contribution in [0.4, 0.5) is 10.1 Å². The molecule has 174 valence electrons. The number of aliphatic imine (C=N–C) groups is 1. The molecule has 2 heterocycles. The first-order valence-corrected chi connectivity index (χ1v) is 11.6. The third kappa shape index (κ3) is 4.06. The van der Waals surface area contributed by atoms with E-state index in [0.29, 0.717) is 33.8 Å². The van der Waals surface area contributed by atoms with Crippen LogP contribution in [0.15, 0.2) is 53.7 Å². The van der Waals surface area contributed by atoms with Crippen LogP contribution in [-0.2, 0) is 4.74 Å². The normalized spacial score (nSPS) is 16.5. The smallest absolute Gasteiger partial charge is 0.196 e. The molecule has 0 aliphatic carbocycles. The van der Waals surface area contributed by atoms with Gasteiger partial charge in [-0.05, 0) is 37.5 Å². The van der Waals surface area contributed by atoms with Crippen LogP contribution in [0.3, 0.4) is 0 Å². The summed E-state index contributed by atoms with van der Waals surface area (Å²) < 4.78 is 22.1. The van der Waals surface area contributed by atoms with Crippen LogP contribution in [0, 0.1) is 5.82 Å². The van der Waals surface area contributed by atoms with Crippen molar-refractivity contribution in [3.05, 3.63) is 70.6 Å². The van der Waals surface area contributed by atoms with E-state index in [4.69, 9.17) is 16.3 Å². The lowest BCUT2D eigenvalue weighted by atomic mass is 9.95. The van der Waals surface area contributed by atoms with Crippen LogP contribution >= 0.6 is 11.6 Å². The molecule has 1 saturated heterocycles. The SMILES string of the molecule is CN(C)/C=N/c1c(C(=O)c2ccc(F)c3nn(C4CCCCO4)cc23)cc(Cl)c2ccccc12. The highest BCUT2D eigenvalue weighted by molar-refractivity contribution is 6.37. The molecule has 8 heteroatoms. The highest BCUT2D eigenvalue weighted by Crippen LogP contribution is 2.37. The molecule has 3 aromatic carbocycles. The predicted molar refractivity (Wildman–Crippen MR) is 133 cm³/mol. The van der Waals surface area contributed by atoms with Crippen molar-refractivity contribution in [1.82, 2.24) is 14.7 Å². The molecule has 6 nitrogen and oxygen atoms in total. The second-order valence-electron chi connectivity index (χ2n) is 8.63. The Morgan fingerprint density at radius 2 is 1.97 bits per heavy atom. The third-order valence-electron chi connectivity index (χ3n) is 5.97. The van der Waals surface area contributed by atoms with Gasteiger partial charge in [-0.3, -0.25) is 4.79 Å². The molecule has 5 rings (SSSR count). The van der Waals surface area contributed by atoms with Gasteiger partial charge in [0.1, 0.15) is 11.7 Å². The van der Waals surface area contributed by atoms with E-state index in [2.05, 4.69) is 10.1 Å². The standard InChI is InChI=1S/C26H24ClFN4O2/c1-31(2)15-29-24-17-8-4-3-7-16(17)21(27)13-19(24)26(33)18-10-11-22(28)25-20(18)14-32(30-25)23-9-5-6-12-34-23/h3-4,7-8,10-11,13-15,23H,5-6,9,12H2,1-2H3/b29-15+. The molecule has 1 fully saturated rings. The number of rotatable bonds is 5. The van der Waals surface area contributed by atoms with Gasteiger partial charge in [0.25, 0.3) is 0 Å². The van der Waals surface area contributed by atoms with E-state index in [1.54, 1.807) is 28.2 Å². The van der Waals surface area contributed by atoms with E-state index in [-0.39, 0.29) is 17.5 Å². The number of carbonyl (C=O) groups is 1. The van der Waals surface area contributed by atoms with Gasteiger partial charge in [0, 0.05) is 53.6 Å². The summed E-state index contributed by atoms with van der Waals surface area (Å²) in [7, 11) is 3.71. The highest BCUT2D eigenvalue weighted by Gasteiger charge is 2.24. The molecule has 0 spiro atoms. The zero-order valence-corrected chi connectivity index (χ0v) is 19.7. The molecule has 1 unspecified atom stereocenters. The average Bonchev–Trinajstić information content (AvgIpc) is 3.30. The van der Waals surface area contributed by atoms with Gasteiger partial charge in [0.15, 0.2) is 11.6 Å². The zero-order valence-electron chi connectivity index (χ0n) is 19.0. The maximum atomic E-state index is 14.7. The van der Waals surface area contributed by atoms with E-state index in [9.17, 15) is 9.18 Å². The predicted octanol–water partition coefficient (Wildman–Crippen LogP) is 6.13. The second-order valence-corrected chi connectivity index (χ2v) is 9.03. The van der Waals surface area contributed by atoms with Gasteiger partial charge in [-0.2, -0.15) is 5.10 Å². The molecule has 1 aliphatic heterocycles. The fraction of sp³-hybridized carbons (Fsp3) is 0.269. The topological polar surface area (TPSA) is 59.7 Å². The van der Waals surface area contributed by atoms with Crippen LogP contribution in [0.5, 0.6) is 0 Å². The van der Waals surface area contributed by atoms with Crippen LogP contribution in [0.1, 0.15) is 41.4 Å². The lowest BCUT2D eigenvalue weighted by Gasteiger charge is -2.22. The van der Waals surface area contributed by atoms with Crippen LogP contribution in [-0.4, -0.2) is 47.5 Å². The van der Waals surface area contributed by atoms with Gasteiger partial charge in [-0.1, -0.05) is 35.9 Å². The third-order valence-corrected chi connectivity index (χ3v) is 6.28. The van der Waals surface area contributed by atoms with Crippen molar-refractivity contribution in [2.45, 2.75) is 25.5 Å². The molecule has 1 atom stereocenters. The first-order valence-electron chi connectivity index (χ1n) is 11.2. The summed E-state index contributed by atoms with van der Waals surface area (Å²) in [5, 5.41) is 6.88. The number of halogens is 2. The fourth-order valence-electron chi connectivity index (χ4n) is 4.31. The van der Waals surface area contributed by atoms with Crippen LogP contribution in [0.2, 0.25) is 5.02 Å². The Balaban J connectivity index is 1.68. The molecule has 0 amide bonds. The van der Waals surface area contributed by atoms with Crippen LogP contribution < -0.4 is 0 Å². The Kier molecular flexibility index (Phi) is 6.06. The van der Waals surface area contributed by atoms with Gasteiger partial charge in [-0.25, -0.2) is 14.1 Å². The Labute approximate surface area is 201 Å². The number of fused-ring (bicyclic) bond motifs is 2. The van der Waals surface area contributed by atoms with Gasteiger partial charge in [-0.15, -0.1) is 0 Å². The summed E-state index contributed by atoms with van der Waals surface area (Å²) in [6.45, 7) is 0.637. The maximum absolute atomic E-state index is 14.7. The maximum Gasteiger partial charge on any atom is 0.196 e. The number of benzene rings is 3. The summed E-state index contributed by atoms with van der Waals surface area (Å²) in [4.78, 5) is 20.3. The quantitative estimate of drug-likeness (QED) is 0.196. The largest absolute Gasteiger partial charge is 0.369 e. The lowest BCUT2D eigenvalue weighted by molar-refractivity contribution is -0.0391. The Bertz CT molecular complexity index is 1420. The van der Waals surface area contributed by atoms with E-state index >= 15 is 0 Å². The molecular formula is C26H24ClFN4O2. The van der Waals surface area contributed by atoms with E-state index in [0.717, 1.165) is 30.0 Å². The summed E-state index contributed by atoms with van der Waals surface area (Å²) in [6.07, 6.45) is 5.88. The van der Waals surface area contributed by atoms with Gasteiger partial charge >= 0.3 is 0 Å². The summed E-state index contributed by atoms with van der Waals surface area (Å²) in [5.41, 5.74) is 1.34. The molecule has 34 heavy (non-hydrogen) atoms. The molecule has 1 aliphatic rings. The average molecular weight is 479 g/mol. The van der Waals surface area contributed by atoms with E-state index in [1.807, 2.05) is 38.4 Å². The van der Waals surface area contributed by atoms with Gasteiger partial charge in [0.05, 0.1) is 17.6 Å². The number of aromatic nitrogens is 2. The Hall–Kier alpha value is -3.29. The van der Waals surface area contributed by atoms with Gasteiger partial charge < -0.3 is 9.64 Å². The molecule has 0 radical (unpaired) electrons. The molecule has 0 saturated carbocycles. The van der Waals surface area contributed by atoms with Crippen molar-refractivity contribution in [2.24, 2.45) is 4.99 Å². The lowest BCUT2D eigenvalue weighted by Crippen LogP contribution is -2.18. The number of ketones is 1. The number of hydrogen-bond donors (Lipinski definition) is 0. The second kappa shape index (κ2) is 9.16. The minimum absolute atomic E-state index is 0.144. The summed E-state index contributed by atoms with van der Waals surface area (Å²) in [5.74, 6) is -0.781. The fourth-order valence-corrected chi connectivity index (χ4v) is 4.59. The van der Waals surface area contributed by atoms with E-state index < -0.39 is 5.82 Å². The van der Waals surface area contributed by atoms with Crippen molar-refractivity contribution in [3.63, 3.8) is 0 Å². The van der Waals surface area contributed by atoms with Crippen LogP contribution in [0.25, 0.3) is 21.7 Å². The molecule has 1 aromatic heterocycles. The monoisotopic (exact) mass is 478 g/mol. The number of ether oxygens (including phenoxy) is 1. The van der Waals surface area contributed by atoms with Gasteiger partial charge in [0.2, 0.25) is 0 Å². The molecule has 0 N–H and O–H groups in total. The first-order chi connectivity index (χ1) is 16.4. The van der Waals surface area contributed by atoms with Crippen molar-refractivity contribution in [2.75, 3.05) is 20.7 Å². The minimum atomic E-state index is -0.483. The molecule has 0 bridgehead atoms. The van der Waals surface area contributed by atoms with Crippen molar-refractivity contribution >= 4 is 51.1 Å². The Morgan fingerprint density at radius 1 is 1.18 bits per heavy atom. The number of hydrogen-bond acceptors (Lipinski definition) is 4.